The lowest BCUT2D eigenvalue weighted by molar-refractivity contribution is -0.139. The van der Waals surface area contributed by atoms with Gasteiger partial charge in [0.1, 0.15) is 12.1 Å². The van der Waals surface area contributed by atoms with E-state index in [2.05, 4.69) is 14.9 Å². The van der Waals surface area contributed by atoms with Crippen LogP contribution in [0.4, 0.5) is 0 Å². The standard InChI is InChI=1S/C18H21N3O3/c22-18(23)12-24-17-6-2-1-4-15(17)11-21-9-3-5-14(10-21)16-7-8-19-13-20-16/h1-2,4,6-8,13-14H,3,5,9-12H2,(H,22,23)/t14-/m1/s1. The second kappa shape index (κ2) is 7.88. The Hall–Kier alpha value is -2.47. The van der Waals surface area contributed by atoms with Crippen LogP contribution in [0, 0.1) is 0 Å². The smallest absolute Gasteiger partial charge is 0.341 e. The predicted octanol–water partition coefficient (Wildman–Crippen LogP) is 2.32. The van der Waals surface area contributed by atoms with Crippen molar-refractivity contribution in [1.82, 2.24) is 14.9 Å². The van der Waals surface area contributed by atoms with Crippen molar-refractivity contribution < 1.29 is 14.6 Å². The first-order valence-corrected chi connectivity index (χ1v) is 8.13. The fourth-order valence-corrected chi connectivity index (χ4v) is 3.14. The van der Waals surface area contributed by atoms with Gasteiger partial charge in [0, 0.05) is 36.5 Å². The molecule has 0 saturated carbocycles. The molecule has 1 fully saturated rings. The molecule has 1 aliphatic heterocycles. The van der Waals surface area contributed by atoms with Crippen molar-refractivity contribution in [2.45, 2.75) is 25.3 Å². The van der Waals surface area contributed by atoms with Crippen molar-refractivity contribution in [3.8, 4) is 5.75 Å². The minimum absolute atomic E-state index is 0.319. The van der Waals surface area contributed by atoms with Gasteiger partial charge in [0.2, 0.25) is 0 Å². The number of para-hydroxylation sites is 1. The molecule has 0 spiro atoms. The van der Waals surface area contributed by atoms with Crippen molar-refractivity contribution in [3.63, 3.8) is 0 Å². The number of carboxylic acid groups (broad SMARTS) is 1. The number of carboxylic acids is 1. The molecule has 1 atom stereocenters. The first kappa shape index (κ1) is 16.4. The van der Waals surface area contributed by atoms with Crippen LogP contribution in [0.15, 0.2) is 42.9 Å². The molecule has 1 aromatic heterocycles. The summed E-state index contributed by atoms with van der Waals surface area (Å²) in [6.45, 7) is 2.39. The van der Waals surface area contributed by atoms with Gasteiger partial charge >= 0.3 is 5.97 Å². The summed E-state index contributed by atoms with van der Waals surface area (Å²) in [5, 5.41) is 8.80. The van der Waals surface area contributed by atoms with E-state index in [0.717, 1.165) is 43.7 Å². The van der Waals surface area contributed by atoms with Crippen LogP contribution in [0.3, 0.4) is 0 Å². The number of carbonyl (C=O) groups is 1. The number of hydrogen-bond donors (Lipinski definition) is 1. The van der Waals surface area contributed by atoms with Gasteiger partial charge in [0.25, 0.3) is 0 Å². The largest absolute Gasteiger partial charge is 0.482 e. The number of aromatic nitrogens is 2. The molecule has 3 rings (SSSR count). The van der Waals surface area contributed by atoms with Crippen LogP contribution in [-0.2, 0) is 11.3 Å². The van der Waals surface area contributed by atoms with Crippen LogP contribution in [-0.4, -0.2) is 45.6 Å². The lowest BCUT2D eigenvalue weighted by atomic mass is 9.94. The highest BCUT2D eigenvalue weighted by Gasteiger charge is 2.23. The van der Waals surface area contributed by atoms with Crippen LogP contribution in [0.1, 0.15) is 30.0 Å². The van der Waals surface area contributed by atoms with Crippen molar-refractivity contribution in [1.29, 1.82) is 0 Å². The van der Waals surface area contributed by atoms with Crippen molar-refractivity contribution in [3.05, 3.63) is 54.1 Å². The molecule has 0 unspecified atom stereocenters. The van der Waals surface area contributed by atoms with Gasteiger partial charge < -0.3 is 9.84 Å². The zero-order chi connectivity index (χ0) is 16.8. The Morgan fingerprint density at radius 2 is 2.21 bits per heavy atom. The molecule has 0 bridgehead atoms. The molecule has 0 amide bonds. The number of aliphatic carboxylic acids is 1. The van der Waals surface area contributed by atoms with Crippen molar-refractivity contribution >= 4 is 5.97 Å². The molecule has 1 N–H and O–H groups in total. The topological polar surface area (TPSA) is 75.6 Å². The van der Waals surface area contributed by atoms with Gasteiger partial charge in [-0.1, -0.05) is 18.2 Å². The maximum Gasteiger partial charge on any atom is 0.341 e. The second-order valence-electron chi connectivity index (χ2n) is 6.00. The predicted molar refractivity (Wildman–Crippen MR) is 88.9 cm³/mol. The Bertz CT molecular complexity index is 678. The van der Waals surface area contributed by atoms with Crippen LogP contribution < -0.4 is 4.74 Å². The molecule has 1 aliphatic rings. The van der Waals surface area contributed by atoms with Crippen LogP contribution in [0.2, 0.25) is 0 Å². The summed E-state index contributed by atoms with van der Waals surface area (Å²) in [4.78, 5) is 21.5. The van der Waals surface area contributed by atoms with Crippen LogP contribution in [0.25, 0.3) is 0 Å². The van der Waals surface area contributed by atoms with Gasteiger partial charge in [0.05, 0.1) is 0 Å². The highest BCUT2D eigenvalue weighted by molar-refractivity contribution is 5.68. The van der Waals surface area contributed by atoms with Crippen molar-refractivity contribution in [2.75, 3.05) is 19.7 Å². The van der Waals surface area contributed by atoms with Gasteiger partial charge in [-0.2, -0.15) is 0 Å². The van der Waals surface area contributed by atoms with Gasteiger partial charge in [-0.05, 0) is 31.5 Å². The summed E-state index contributed by atoms with van der Waals surface area (Å²) in [6.07, 6.45) is 5.64. The summed E-state index contributed by atoms with van der Waals surface area (Å²) in [7, 11) is 0. The molecule has 0 aliphatic carbocycles. The maximum atomic E-state index is 10.7. The third-order valence-electron chi connectivity index (χ3n) is 4.25. The zero-order valence-electron chi connectivity index (χ0n) is 13.5. The molecule has 1 aromatic carbocycles. The number of benzene rings is 1. The van der Waals surface area contributed by atoms with Gasteiger partial charge in [0.15, 0.2) is 6.61 Å². The number of ether oxygens (including phenoxy) is 1. The van der Waals surface area contributed by atoms with Crippen molar-refractivity contribution in [2.24, 2.45) is 0 Å². The van der Waals surface area contributed by atoms with E-state index in [0.29, 0.717) is 11.7 Å². The lowest BCUT2D eigenvalue weighted by Crippen LogP contribution is -2.34. The first-order chi connectivity index (χ1) is 11.7. The van der Waals surface area contributed by atoms with Gasteiger partial charge in [-0.3, -0.25) is 4.90 Å². The molecule has 1 saturated heterocycles. The molecule has 0 radical (unpaired) electrons. The highest BCUT2D eigenvalue weighted by atomic mass is 16.5. The van der Waals surface area contributed by atoms with Crippen LogP contribution >= 0.6 is 0 Å². The minimum atomic E-state index is -0.966. The van der Waals surface area contributed by atoms with Gasteiger partial charge in [-0.25, -0.2) is 14.8 Å². The fraction of sp³-hybridized carbons (Fsp3) is 0.389. The van der Waals surface area contributed by atoms with E-state index >= 15 is 0 Å². The Morgan fingerprint density at radius 1 is 1.33 bits per heavy atom. The number of likely N-dealkylation sites (tertiary alicyclic amines) is 1. The molecule has 6 nitrogen and oxygen atoms in total. The first-order valence-electron chi connectivity index (χ1n) is 8.13. The molecule has 6 heteroatoms. The average Bonchev–Trinajstić information content (AvgIpc) is 2.62. The molecular weight excluding hydrogens is 306 g/mol. The van der Waals surface area contributed by atoms with E-state index in [1.54, 1.807) is 12.5 Å². The maximum absolute atomic E-state index is 10.7. The lowest BCUT2D eigenvalue weighted by Gasteiger charge is -2.32. The molecule has 2 heterocycles. The summed E-state index contributed by atoms with van der Waals surface area (Å²) in [5.74, 6) is 0.0875. The van der Waals surface area contributed by atoms with Crippen LogP contribution in [0.5, 0.6) is 5.75 Å². The number of nitrogens with zero attached hydrogens (tertiary/aromatic N) is 3. The fourth-order valence-electron chi connectivity index (χ4n) is 3.14. The number of piperidine rings is 1. The minimum Gasteiger partial charge on any atom is -0.482 e. The summed E-state index contributed by atoms with van der Waals surface area (Å²) in [5.41, 5.74) is 2.10. The second-order valence-corrected chi connectivity index (χ2v) is 6.00. The van der Waals surface area contributed by atoms with E-state index < -0.39 is 5.97 Å². The molecular formula is C18H21N3O3. The average molecular weight is 327 g/mol. The third-order valence-corrected chi connectivity index (χ3v) is 4.25. The molecule has 2 aromatic rings. The monoisotopic (exact) mass is 327 g/mol. The summed E-state index contributed by atoms with van der Waals surface area (Å²) < 4.78 is 5.40. The molecule has 24 heavy (non-hydrogen) atoms. The normalized spacial score (nSPS) is 18.2. The number of rotatable bonds is 6. The summed E-state index contributed by atoms with van der Waals surface area (Å²) in [6, 6.07) is 9.61. The SMILES string of the molecule is O=C(O)COc1ccccc1CN1CCC[C@@H](c2ccncn2)C1. The summed E-state index contributed by atoms with van der Waals surface area (Å²) >= 11 is 0. The van der Waals surface area contributed by atoms with E-state index in [9.17, 15) is 4.79 Å². The Kier molecular flexibility index (Phi) is 5.38. The Balaban J connectivity index is 1.66. The van der Waals surface area contributed by atoms with E-state index in [-0.39, 0.29) is 6.61 Å². The highest BCUT2D eigenvalue weighted by Crippen LogP contribution is 2.28. The van der Waals surface area contributed by atoms with E-state index in [1.807, 2.05) is 30.3 Å². The van der Waals surface area contributed by atoms with E-state index in [4.69, 9.17) is 9.84 Å². The van der Waals surface area contributed by atoms with E-state index in [1.165, 1.54) is 0 Å². The Labute approximate surface area is 141 Å². The Morgan fingerprint density at radius 3 is 3.00 bits per heavy atom. The molecule has 126 valence electrons. The quantitative estimate of drug-likeness (QED) is 0.877. The zero-order valence-corrected chi connectivity index (χ0v) is 13.5. The third kappa shape index (κ3) is 4.29. The van der Waals surface area contributed by atoms with Gasteiger partial charge in [-0.15, -0.1) is 0 Å². The number of hydrogen-bond acceptors (Lipinski definition) is 5.